The molecule has 1 spiro atoms. The molecule has 0 aromatic heterocycles. The summed E-state index contributed by atoms with van der Waals surface area (Å²) in [5.74, 6) is -1.81. The summed E-state index contributed by atoms with van der Waals surface area (Å²) >= 11 is 0. The number of carbonyl (C=O) groups excluding carboxylic acids is 2. The lowest BCUT2D eigenvalue weighted by Crippen LogP contribution is -2.59. The Kier molecular flexibility index (Phi) is 5.81. The van der Waals surface area contributed by atoms with E-state index in [1.54, 1.807) is 4.90 Å². The summed E-state index contributed by atoms with van der Waals surface area (Å²) in [7, 11) is 2.01. The smallest absolute Gasteiger partial charge is 0.257 e. The van der Waals surface area contributed by atoms with Crippen molar-refractivity contribution < 1.29 is 23.1 Å². The van der Waals surface area contributed by atoms with E-state index in [-0.39, 0.29) is 18.1 Å². The molecule has 1 aliphatic carbocycles. The maximum Gasteiger partial charge on any atom is 0.257 e. The van der Waals surface area contributed by atoms with Gasteiger partial charge in [-0.05, 0) is 50.8 Å². The van der Waals surface area contributed by atoms with E-state index in [0.29, 0.717) is 31.8 Å². The molecular weight excluding hydrogens is 392 g/mol. The van der Waals surface area contributed by atoms with E-state index in [4.69, 9.17) is 4.74 Å². The molecule has 0 radical (unpaired) electrons. The maximum absolute atomic E-state index is 13.8. The molecule has 30 heavy (non-hydrogen) atoms. The summed E-state index contributed by atoms with van der Waals surface area (Å²) in [5, 5.41) is 0. The third-order valence-corrected chi connectivity index (χ3v) is 6.74. The Morgan fingerprint density at radius 1 is 1.03 bits per heavy atom. The van der Waals surface area contributed by atoms with E-state index >= 15 is 0 Å². The Morgan fingerprint density at radius 3 is 2.23 bits per heavy atom. The van der Waals surface area contributed by atoms with Gasteiger partial charge in [0.25, 0.3) is 5.91 Å². The van der Waals surface area contributed by atoms with Crippen LogP contribution in [0.25, 0.3) is 0 Å². The number of hydrogen-bond acceptors (Lipinski definition) is 4. The molecular formula is C22H29F2N3O3. The Labute approximate surface area is 175 Å². The second-order valence-corrected chi connectivity index (χ2v) is 8.92. The molecule has 4 rings (SSSR count). The number of nitrogens with zero attached hydrogens (tertiary/aromatic N) is 3. The quantitative estimate of drug-likeness (QED) is 0.736. The van der Waals surface area contributed by atoms with Crippen molar-refractivity contribution in [2.75, 3.05) is 39.8 Å². The normalized spacial score (nSPS) is 30.1. The van der Waals surface area contributed by atoms with E-state index in [0.717, 1.165) is 44.1 Å². The zero-order valence-corrected chi connectivity index (χ0v) is 17.6. The van der Waals surface area contributed by atoms with Crippen LogP contribution in [0.2, 0.25) is 0 Å². The van der Waals surface area contributed by atoms with Gasteiger partial charge in [-0.25, -0.2) is 8.78 Å². The Balaban J connectivity index is 1.65. The first-order valence-electron chi connectivity index (χ1n) is 10.7. The molecule has 2 amide bonds. The van der Waals surface area contributed by atoms with Crippen LogP contribution in [0.3, 0.4) is 0 Å². The van der Waals surface area contributed by atoms with Crippen molar-refractivity contribution in [2.45, 2.75) is 44.4 Å². The van der Waals surface area contributed by atoms with Crippen molar-refractivity contribution in [3.05, 3.63) is 35.4 Å². The van der Waals surface area contributed by atoms with Crippen LogP contribution in [0.5, 0.6) is 0 Å². The van der Waals surface area contributed by atoms with Crippen LogP contribution < -0.4 is 0 Å². The number of benzene rings is 1. The number of ether oxygens (including phenoxy) is 1. The molecule has 2 saturated heterocycles. The summed E-state index contributed by atoms with van der Waals surface area (Å²) in [6, 6.07) is 2.02. The zero-order valence-electron chi connectivity index (χ0n) is 17.6. The lowest BCUT2D eigenvalue weighted by molar-refractivity contribution is -0.139. The summed E-state index contributed by atoms with van der Waals surface area (Å²) in [6.45, 7) is 4.99. The molecule has 0 bridgehead atoms. The molecule has 0 N–H and O–H groups in total. The van der Waals surface area contributed by atoms with Crippen molar-refractivity contribution in [2.24, 2.45) is 5.92 Å². The van der Waals surface area contributed by atoms with Gasteiger partial charge in [0.1, 0.15) is 23.4 Å². The molecule has 3 aliphatic rings. The van der Waals surface area contributed by atoms with Crippen molar-refractivity contribution in [3.8, 4) is 0 Å². The number of halogens is 2. The Bertz CT molecular complexity index is 798. The minimum absolute atomic E-state index is 0.0906. The fourth-order valence-electron chi connectivity index (χ4n) is 4.82. The van der Waals surface area contributed by atoms with Crippen LogP contribution >= 0.6 is 0 Å². The summed E-state index contributed by atoms with van der Waals surface area (Å²) in [4.78, 5) is 32.3. The van der Waals surface area contributed by atoms with Gasteiger partial charge in [0.15, 0.2) is 0 Å². The number of rotatable bonds is 2. The van der Waals surface area contributed by atoms with Gasteiger partial charge in [-0.3, -0.25) is 14.5 Å². The van der Waals surface area contributed by atoms with Gasteiger partial charge < -0.3 is 14.5 Å². The fourth-order valence-corrected chi connectivity index (χ4v) is 4.82. The molecule has 164 valence electrons. The zero-order chi connectivity index (χ0) is 21.5. The van der Waals surface area contributed by atoms with Gasteiger partial charge in [-0.2, -0.15) is 0 Å². The van der Waals surface area contributed by atoms with Crippen molar-refractivity contribution in [1.29, 1.82) is 0 Å². The standard InChI is InChI=1S/C22H29F2N3O3/c1-15-3-5-22(6-4-15)27(20(28)16-11-17(23)13-18(24)12-16)19(14-30-22)21(29)26-9-7-25(2)8-10-26/h11-13,15,19H,3-10,14H2,1-2H3. The molecule has 3 fully saturated rings. The van der Waals surface area contributed by atoms with Crippen LogP contribution in [-0.4, -0.2) is 78.1 Å². The van der Waals surface area contributed by atoms with Crippen LogP contribution in [0.4, 0.5) is 8.78 Å². The van der Waals surface area contributed by atoms with E-state index in [9.17, 15) is 18.4 Å². The second kappa shape index (κ2) is 8.23. The Morgan fingerprint density at radius 2 is 1.63 bits per heavy atom. The van der Waals surface area contributed by atoms with Crippen LogP contribution in [0.1, 0.15) is 43.0 Å². The largest absolute Gasteiger partial charge is 0.353 e. The second-order valence-electron chi connectivity index (χ2n) is 8.92. The molecule has 1 saturated carbocycles. The minimum Gasteiger partial charge on any atom is -0.353 e. The molecule has 2 heterocycles. The van der Waals surface area contributed by atoms with E-state index in [1.165, 1.54) is 4.90 Å². The molecule has 2 aliphatic heterocycles. The number of carbonyl (C=O) groups is 2. The molecule has 1 atom stereocenters. The summed E-state index contributed by atoms with van der Waals surface area (Å²) < 4.78 is 33.8. The van der Waals surface area contributed by atoms with Gasteiger partial charge in [0, 0.05) is 37.8 Å². The number of amides is 2. The average molecular weight is 421 g/mol. The van der Waals surface area contributed by atoms with Gasteiger partial charge in [0.05, 0.1) is 6.61 Å². The van der Waals surface area contributed by atoms with Crippen LogP contribution in [0.15, 0.2) is 18.2 Å². The number of piperazine rings is 1. The van der Waals surface area contributed by atoms with E-state index < -0.39 is 29.3 Å². The topological polar surface area (TPSA) is 53.1 Å². The first kappa shape index (κ1) is 21.2. The first-order chi connectivity index (χ1) is 14.3. The van der Waals surface area contributed by atoms with Gasteiger partial charge in [-0.15, -0.1) is 0 Å². The van der Waals surface area contributed by atoms with Gasteiger partial charge in [-0.1, -0.05) is 6.92 Å². The highest BCUT2D eigenvalue weighted by atomic mass is 19.1. The van der Waals surface area contributed by atoms with Crippen LogP contribution in [-0.2, 0) is 9.53 Å². The predicted octanol–water partition coefficient (Wildman–Crippen LogP) is 2.49. The molecule has 6 nitrogen and oxygen atoms in total. The lowest BCUT2D eigenvalue weighted by Gasteiger charge is -2.44. The maximum atomic E-state index is 13.8. The van der Waals surface area contributed by atoms with Crippen LogP contribution in [0, 0.1) is 17.6 Å². The third-order valence-electron chi connectivity index (χ3n) is 6.74. The predicted molar refractivity (Wildman–Crippen MR) is 107 cm³/mol. The lowest BCUT2D eigenvalue weighted by atomic mass is 9.83. The summed E-state index contributed by atoms with van der Waals surface area (Å²) in [5.41, 5.74) is -0.980. The monoisotopic (exact) mass is 421 g/mol. The van der Waals surface area contributed by atoms with E-state index in [1.807, 2.05) is 7.05 Å². The van der Waals surface area contributed by atoms with Gasteiger partial charge >= 0.3 is 0 Å². The van der Waals surface area contributed by atoms with Crippen molar-refractivity contribution in [1.82, 2.24) is 14.7 Å². The van der Waals surface area contributed by atoms with Gasteiger partial charge in [0.2, 0.25) is 5.91 Å². The first-order valence-corrected chi connectivity index (χ1v) is 10.7. The molecule has 1 aromatic rings. The summed E-state index contributed by atoms with van der Waals surface area (Å²) in [6.07, 6.45) is 2.97. The third kappa shape index (κ3) is 3.95. The number of hydrogen-bond donors (Lipinski definition) is 0. The molecule has 1 aromatic carbocycles. The Hall–Kier alpha value is -2.06. The molecule has 1 unspecified atom stereocenters. The minimum atomic E-state index is -0.890. The van der Waals surface area contributed by atoms with E-state index in [2.05, 4.69) is 11.8 Å². The van der Waals surface area contributed by atoms with Crippen molar-refractivity contribution >= 4 is 11.8 Å². The highest BCUT2D eigenvalue weighted by molar-refractivity contribution is 5.98. The fraction of sp³-hybridized carbons (Fsp3) is 0.636. The number of likely N-dealkylation sites (N-methyl/N-ethyl adjacent to an activating group) is 1. The van der Waals surface area contributed by atoms with Crippen molar-refractivity contribution in [3.63, 3.8) is 0 Å². The highest BCUT2D eigenvalue weighted by Crippen LogP contribution is 2.43. The molecule has 8 heteroatoms. The highest BCUT2D eigenvalue weighted by Gasteiger charge is 2.54. The SMILES string of the molecule is CC1CCC2(CC1)OCC(C(=O)N1CCN(C)CC1)N2C(=O)c1cc(F)cc(F)c1. The average Bonchev–Trinajstić information content (AvgIpc) is 3.08.